The molecule has 0 radical (unpaired) electrons. The van der Waals surface area contributed by atoms with Gasteiger partial charge in [-0.3, -0.25) is 9.69 Å². The number of benzene rings is 2. The number of hydrogen-bond donors (Lipinski definition) is 0. The SMILES string of the molecule is COC(=O)[C@H]1[C@@H](c2cccc3ccccc23)C[C@@H]2CC[C@H]1N2C. The molecule has 2 fully saturated rings. The highest BCUT2D eigenvalue weighted by Gasteiger charge is 2.49. The summed E-state index contributed by atoms with van der Waals surface area (Å²) in [5.41, 5.74) is 1.31. The highest BCUT2D eigenvalue weighted by atomic mass is 16.5. The molecule has 2 saturated heterocycles. The third-order valence-electron chi connectivity index (χ3n) is 5.96. The first-order chi connectivity index (χ1) is 11.2. The monoisotopic (exact) mass is 309 g/mol. The molecule has 2 aliphatic heterocycles. The number of carbonyl (C=O) groups excluding carboxylic acids is 1. The van der Waals surface area contributed by atoms with Crippen LogP contribution in [0.2, 0.25) is 0 Å². The molecular weight excluding hydrogens is 286 g/mol. The van der Waals surface area contributed by atoms with Gasteiger partial charge in [0, 0.05) is 18.0 Å². The van der Waals surface area contributed by atoms with Crippen LogP contribution >= 0.6 is 0 Å². The summed E-state index contributed by atoms with van der Waals surface area (Å²) in [6, 6.07) is 15.9. The molecule has 0 amide bonds. The van der Waals surface area contributed by atoms with Gasteiger partial charge in [-0.15, -0.1) is 0 Å². The molecule has 0 spiro atoms. The summed E-state index contributed by atoms with van der Waals surface area (Å²) in [7, 11) is 3.68. The van der Waals surface area contributed by atoms with Gasteiger partial charge in [-0.2, -0.15) is 0 Å². The fraction of sp³-hybridized carbons (Fsp3) is 0.450. The Bertz CT molecular complexity index is 736. The fourth-order valence-corrected chi connectivity index (χ4v) is 4.82. The molecular formula is C20H23NO2. The third-order valence-corrected chi connectivity index (χ3v) is 5.96. The topological polar surface area (TPSA) is 29.5 Å². The predicted molar refractivity (Wildman–Crippen MR) is 91.4 cm³/mol. The number of nitrogens with zero attached hydrogens (tertiary/aromatic N) is 1. The van der Waals surface area contributed by atoms with Crippen molar-refractivity contribution in [1.29, 1.82) is 0 Å². The number of esters is 1. The molecule has 2 heterocycles. The zero-order valence-electron chi connectivity index (χ0n) is 13.7. The standard InChI is InChI=1S/C20H23NO2/c1-21-14-10-11-18(21)19(20(22)23-2)17(12-14)16-9-5-7-13-6-3-4-8-15(13)16/h3-9,14,17-19H,10-12H2,1-2H3/t14-,17+,18+,19-/m0/s1. The summed E-state index contributed by atoms with van der Waals surface area (Å²) in [5, 5.41) is 2.53. The van der Waals surface area contributed by atoms with Gasteiger partial charge in [0.05, 0.1) is 13.0 Å². The second-order valence-electron chi connectivity index (χ2n) is 6.92. The van der Waals surface area contributed by atoms with E-state index in [-0.39, 0.29) is 17.8 Å². The van der Waals surface area contributed by atoms with Gasteiger partial charge < -0.3 is 4.74 Å². The first-order valence-corrected chi connectivity index (χ1v) is 8.48. The van der Waals surface area contributed by atoms with Crippen LogP contribution in [0.25, 0.3) is 10.8 Å². The van der Waals surface area contributed by atoms with E-state index in [1.165, 1.54) is 29.9 Å². The Morgan fingerprint density at radius 1 is 1.13 bits per heavy atom. The summed E-state index contributed by atoms with van der Waals surface area (Å²) >= 11 is 0. The summed E-state index contributed by atoms with van der Waals surface area (Å²) in [6.07, 6.45) is 3.33. The lowest BCUT2D eigenvalue weighted by molar-refractivity contribution is -0.150. The van der Waals surface area contributed by atoms with Crippen molar-refractivity contribution >= 4 is 16.7 Å². The van der Waals surface area contributed by atoms with E-state index in [1.807, 2.05) is 0 Å². The number of carbonyl (C=O) groups is 1. The van der Waals surface area contributed by atoms with E-state index in [0.29, 0.717) is 12.1 Å². The Kier molecular flexibility index (Phi) is 3.61. The summed E-state index contributed by atoms with van der Waals surface area (Å²) < 4.78 is 5.19. The van der Waals surface area contributed by atoms with Crippen molar-refractivity contribution in [3.05, 3.63) is 48.0 Å². The van der Waals surface area contributed by atoms with Crippen molar-refractivity contribution in [3.63, 3.8) is 0 Å². The molecule has 2 bridgehead atoms. The van der Waals surface area contributed by atoms with Gasteiger partial charge in [-0.05, 0) is 42.6 Å². The molecule has 4 rings (SSSR count). The van der Waals surface area contributed by atoms with Crippen LogP contribution in [0.4, 0.5) is 0 Å². The minimum atomic E-state index is -0.0606. The van der Waals surface area contributed by atoms with E-state index in [0.717, 1.165) is 12.8 Å². The second-order valence-corrected chi connectivity index (χ2v) is 6.92. The van der Waals surface area contributed by atoms with Gasteiger partial charge in [0.15, 0.2) is 0 Å². The Morgan fingerprint density at radius 2 is 1.91 bits per heavy atom. The average Bonchev–Trinajstić information content (AvgIpc) is 2.83. The van der Waals surface area contributed by atoms with Crippen molar-refractivity contribution in [2.45, 2.75) is 37.3 Å². The van der Waals surface area contributed by atoms with Gasteiger partial charge in [-0.1, -0.05) is 42.5 Å². The van der Waals surface area contributed by atoms with Gasteiger partial charge in [0.1, 0.15) is 0 Å². The molecule has 120 valence electrons. The molecule has 0 unspecified atom stereocenters. The van der Waals surface area contributed by atoms with Gasteiger partial charge in [0.25, 0.3) is 0 Å². The van der Waals surface area contributed by atoms with E-state index >= 15 is 0 Å². The lowest BCUT2D eigenvalue weighted by atomic mass is 9.75. The van der Waals surface area contributed by atoms with Crippen molar-refractivity contribution in [1.82, 2.24) is 4.90 Å². The molecule has 0 N–H and O–H groups in total. The molecule has 0 saturated carbocycles. The molecule has 0 aliphatic carbocycles. The van der Waals surface area contributed by atoms with Crippen molar-refractivity contribution in [2.24, 2.45) is 5.92 Å². The molecule has 2 aromatic rings. The number of ether oxygens (including phenoxy) is 1. The van der Waals surface area contributed by atoms with Crippen LogP contribution in [-0.2, 0) is 9.53 Å². The molecule has 2 aromatic carbocycles. The smallest absolute Gasteiger partial charge is 0.310 e. The van der Waals surface area contributed by atoms with E-state index in [4.69, 9.17) is 4.74 Å². The van der Waals surface area contributed by atoms with Gasteiger partial charge in [-0.25, -0.2) is 0 Å². The van der Waals surface area contributed by atoms with E-state index in [2.05, 4.69) is 54.4 Å². The maximum absolute atomic E-state index is 12.6. The number of piperidine rings is 1. The quantitative estimate of drug-likeness (QED) is 0.794. The molecule has 3 heteroatoms. The first kappa shape index (κ1) is 14.7. The van der Waals surface area contributed by atoms with E-state index in [9.17, 15) is 4.79 Å². The lowest BCUT2D eigenvalue weighted by Gasteiger charge is -2.42. The molecule has 2 aliphatic rings. The number of rotatable bonds is 2. The molecule has 0 aromatic heterocycles. The summed E-state index contributed by atoms with van der Waals surface area (Å²) in [6.45, 7) is 0. The molecule has 23 heavy (non-hydrogen) atoms. The van der Waals surface area contributed by atoms with Crippen LogP contribution in [-0.4, -0.2) is 37.1 Å². The minimum absolute atomic E-state index is 0.0554. The van der Waals surface area contributed by atoms with E-state index < -0.39 is 0 Å². The zero-order chi connectivity index (χ0) is 16.0. The molecule has 4 atom stereocenters. The highest BCUT2D eigenvalue weighted by Crippen LogP contribution is 2.47. The lowest BCUT2D eigenvalue weighted by Crippen LogP contribution is -2.49. The van der Waals surface area contributed by atoms with Crippen molar-refractivity contribution in [2.75, 3.05) is 14.2 Å². The summed E-state index contributed by atoms with van der Waals surface area (Å²) in [5.74, 6) is 0.136. The largest absolute Gasteiger partial charge is 0.469 e. The van der Waals surface area contributed by atoms with Gasteiger partial charge >= 0.3 is 5.97 Å². The van der Waals surface area contributed by atoms with Crippen molar-refractivity contribution < 1.29 is 9.53 Å². The van der Waals surface area contributed by atoms with Crippen LogP contribution in [0.1, 0.15) is 30.7 Å². The van der Waals surface area contributed by atoms with Crippen LogP contribution in [0.3, 0.4) is 0 Å². The Labute approximate surface area is 137 Å². The Morgan fingerprint density at radius 3 is 2.74 bits per heavy atom. The number of methoxy groups -OCH3 is 1. The Hall–Kier alpha value is -1.87. The maximum atomic E-state index is 12.6. The maximum Gasteiger partial charge on any atom is 0.310 e. The minimum Gasteiger partial charge on any atom is -0.469 e. The van der Waals surface area contributed by atoms with Crippen LogP contribution in [0, 0.1) is 5.92 Å². The zero-order valence-corrected chi connectivity index (χ0v) is 13.7. The predicted octanol–water partition coefficient (Wildman–Crippen LogP) is 3.58. The number of hydrogen-bond acceptors (Lipinski definition) is 3. The van der Waals surface area contributed by atoms with Gasteiger partial charge in [0.2, 0.25) is 0 Å². The van der Waals surface area contributed by atoms with Crippen molar-refractivity contribution in [3.8, 4) is 0 Å². The highest BCUT2D eigenvalue weighted by molar-refractivity contribution is 5.87. The molecule has 3 nitrogen and oxygen atoms in total. The fourth-order valence-electron chi connectivity index (χ4n) is 4.82. The third kappa shape index (κ3) is 2.26. The average molecular weight is 309 g/mol. The first-order valence-electron chi connectivity index (χ1n) is 8.48. The van der Waals surface area contributed by atoms with Crippen LogP contribution < -0.4 is 0 Å². The van der Waals surface area contributed by atoms with E-state index in [1.54, 1.807) is 0 Å². The summed E-state index contributed by atoms with van der Waals surface area (Å²) in [4.78, 5) is 15.0. The Balaban J connectivity index is 1.83. The van der Waals surface area contributed by atoms with Crippen LogP contribution in [0.5, 0.6) is 0 Å². The second kappa shape index (κ2) is 5.64. The normalized spacial score (nSPS) is 30.5. The number of fused-ring (bicyclic) bond motifs is 3. The van der Waals surface area contributed by atoms with Crippen LogP contribution in [0.15, 0.2) is 42.5 Å².